The van der Waals surface area contributed by atoms with E-state index in [1.165, 1.54) is 31.5 Å². The molecule has 2 atom stereocenters. The van der Waals surface area contributed by atoms with E-state index in [1.54, 1.807) is 0 Å². The number of carbonyl (C=O) groups is 1. The van der Waals surface area contributed by atoms with Gasteiger partial charge < -0.3 is 16.2 Å². The second kappa shape index (κ2) is 5.25. The third-order valence-corrected chi connectivity index (χ3v) is 3.53. The molecule has 98 valence electrons. The normalized spacial score (nSPS) is 22.9. The van der Waals surface area contributed by atoms with E-state index >= 15 is 0 Å². The monoisotopic (exact) mass is 249 g/mol. The first-order valence-electron chi connectivity index (χ1n) is 6.29. The van der Waals surface area contributed by atoms with Crippen molar-refractivity contribution >= 4 is 17.5 Å². The maximum atomic E-state index is 10.8. The molecule has 1 fully saturated rings. The zero-order chi connectivity index (χ0) is 13.1. The predicted molar refractivity (Wildman–Crippen MR) is 70.6 cm³/mol. The van der Waals surface area contributed by atoms with Gasteiger partial charge in [-0.1, -0.05) is 13.3 Å². The summed E-state index contributed by atoms with van der Waals surface area (Å²) in [6.07, 6.45) is 5.09. The highest BCUT2D eigenvalue weighted by Gasteiger charge is 2.21. The molecule has 0 radical (unpaired) electrons. The Kier molecular flexibility index (Phi) is 3.69. The highest BCUT2D eigenvalue weighted by Crippen LogP contribution is 2.30. The van der Waals surface area contributed by atoms with E-state index in [1.807, 2.05) is 0 Å². The maximum absolute atomic E-state index is 10.8. The van der Waals surface area contributed by atoms with Gasteiger partial charge in [-0.2, -0.15) is 0 Å². The van der Waals surface area contributed by atoms with E-state index in [0.717, 1.165) is 12.5 Å². The summed E-state index contributed by atoms with van der Waals surface area (Å²) in [5, 5.41) is 12.0. The maximum Gasteiger partial charge on any atom is 0.337 e. The van der Waals surface area contributed by atoms with Crippen LogP contribution >= 0.6 is 0 Å². The Morgan fingerprint density at radius 1 is 1.61 bits per heavy atom. The molecular formula is C13H19N3O2. The van der Waals surface area contributed by atoms with E-state index in [9.17, 15) is 4.79 Å². The number of hydrogen-bond donors (Lipinski definition) is 3. The summed E-state index contributed by atoms with van der Waals surface area (Å²) in [4.78, 5) is 14.8. The molecule has 2 unspecified atom stereocenters. The van der Waals surface area contributed by atoms with Gasteiger partial charge in [0.15, 0.2) is 0 Å². The van der Waals surface area contributed by atoms with E-state index in [0.29, 0.717) is 17.4 Å². The highest BCUT2D eigenvalue weighted by molar-refractivity contribution is 5.89. The number of carboxylic acid groups (broad SMARTS) is 1. The van der Waals surface area contributed by atoms with Gasteiger partial charge in [0.25, 0.3) is 0 Å². The number of aromatic carboxylic acids is 1. The smallest absolute Gasteiger partial charge is 0.337 e. The third kappa shape index (κ3) is 2.91. The lowest BCUT2D eigenvalue weighted by Crippen LogP contribution is -2.14. The van der Waals surface area contributed by atoms with Crippen LogP contribution in [0.2, 0.25) is 0 Å². The number of hydrogen-bond acceptors (Lipinski definition) is 4. The number of anilines is 2. The molecule has 1 heterocycles. The molecule has 0 aliphatic heterocycles. The number of carboxylic acids is 1. The molecule has 0 bridgehead atoms. The molecule has 0 aromatic carbocycles. The Morgan fingerprint density at radius 2 is 2.39 bits per heavy atom. The van der Waals surface area contributed by atoms with E-state index in [4.69, 9.17) is 10.8 Å². The van der Waals surface area contributed by atoms with Crippen molar-refractivity contribution in [1.29, 1.82) is 0 Å². The van der Waals surface area contributed by atoms with Crippen LogP contribution in [0, 0.1) is 11.8 Å². The largest absolute Gasteiger partial charge is 0.478 e. The van der Waals surface area contributed by atoms with Gasteiger partial charge in [-0.3, -0.25) is 0 Å². The van der Waals surface area contributed by atoms with Crippen LogP contribution in [-0.4, -0.2) is 22.6 Å². The lowest BCUT2D eigenvalue weighted by Gasteiger charge is -2.13. The summed E-state index contributed by atoms with van der Waals surface area (Å²) in [6, 6.07) is 1.44. The minimum absolute atomic E-state index is 0.118. The lowest BCUT2D eigenvalue weighted by molar-refractivity contribution is 0.0696. The highest BCUT2D eigenvalue weighted by atomic mass is 16.4. The first-order valence-corrected chi connectivity index (χ1v) is 6.29. The Hall–Kier alpha value is -1.78. The lowest BCUT2D eigenvalue weighted by atomic mass is 10.1. The standard InChI is InChI=1S/C13H19N3O2/c1-8-2-3-9(4-8)6-15-12-11(14)5-10(7-16-12)13(17)18/h5,7-9H,2-4,6,14H2,1H3,(H,15,16)(H,17,18). The number of nitrogens with one attached hydrogen (secondary N) is 1. The number of nitrogens with two attached hydrogens (primary N) is 1. The minimum atomic E-state index is -1.01. The van der Waals surface area contributed by atoms with E-state index in [-0.39, 0.29) is 5.56 Å². The molecular weight excluding hydrogens is 230 g/mol. The minimum Gasteiger partial charge on any atom is -0.478 e. The van der Waals surface area contributed by atoms with Gasteiger partial charge in [0, 0.05) is 12.7 Å². The summed E-state index contributed by atoms with van der Waals surface area (Å²) in [7, 11) is 0. The molecule has 0 spiro atoms. The van der Waals surface area contributed by atoms with Gasteiger partial charge in [-0.25, -0.2) is 9.78 Å². The predicted octanol–water partition coefficient (Wildman–Crippen LogP) is 2.21. The van der Waals surface area contributed by atoms with Gasteiger partial charge in [0.2, 0.25) is 0 Å². The van der Waals surface area contributed by atoms with Gasteiger partial charge in [0.1, 0.15) is 5.82 Å². The molecule has 18 heavy (non-hydrogen) atoms. The number of rotatable bonds is 4. The molecule has 2 rings (SSSR count). The molecule has 1 aliphatic rings. The van der Waals surface area contributed by atoms with Gasteiger partial charge in [-0.15, -0.1) is 0 Å². The van der Waals surface area contributed by atoms with Crippen LogP contribution in [0.5, 0.6) is 0 Å². The summed E-state index contributed by atoms with van der Waals surface area (Å²) in [6.45, 7) is 3.13. The molecule has 1 aliphatic carbocycles. The molecule has 0 saturated heterocycles. The van der Waals surface area contributed by atoms with Crippen LogP contribution in [0.3, 0.4) is 0 Å². The SMILES string of the molecule is CC1CCC(CNc2ncc(C(=O)O)cc2N)C1. The molecule has 1 saturated carbocycles. The van der Waals surface area contributed by atoms with Crippen molar-refractivity contribution < 1.29 is 9.90 Å². The fourth-order valence-electron chi connectivity index (χ4n) is 2.50. The van der Waals surface area contributed by atoms with Crippen LogP contribution in [0.1, 0.15) is 36.5 Å². The van der Waals surface area contributed by atoms with Crippen molar-refractivity contribution in [3.63, 3.8) is 0 Å². The molecule has 1 aromatic heterocycles. The molecule has 0 amide bonds. The molecule has 4 N–H and O–H groups in total. The summed E-state index contributed by atoms with van der Waals surface area (Å²) in [5.74, 6) is 1.04. The fourth-order valence-corrected chi connectivity index (χ4v) is 2.50. The van der Waals surface area contributed by atoms with Crippen LogP contribution in [0.4, 0.5) is 11.5 Å². The zero-order valence-electron chi connectivity index (χ0n) is 10.5. The first kappa shape index (κ1) is 12.7. The third-order valence-electron chi connectivity index (χ3n) is 3.53. The number of nitrogens with zero attached hydrogens (tertiary/aromatic N) is 1. The van der Waals surface area contributed by atoms with E-state index in [2.05, 4.69) is 17.2 Å². The Bertz CT molecular complexity index is 448. The van der Waals surface area contributed by atoms with Crippen molar-refractivity contribution in [2.24, 2.45) is 11.8 Å². The van der Waals surface area contributed by atoms with Crippen LogP contribution in [0.25, 0.3) is 0 Å². The second-order valence-electron chi connectivity index (χ2n) is 5.13. The Morgan fingerprint density at radius 3 is 2.94 bits per heavy atom. The van der Waals surface area contributed by atoms with Crippen molar-refractivity contribution in [2.75, 3.05) is 17.6 Å². The van der Waals surface area contributed by atoms with Crippen molar-refractivity contribution in [3.8, 4) is 0 Å². The van der Waals surface area contributed by atoms with Crippen molar-refractivity contribution in [2.45, 2.75) is 26.2 Å². The summed E-state index contributed by atoms with van der Waals surface area (Å²) < 4.78 is 0. The second-order valence-corrected chi connectivity index (χ2v) is 5.13. The van der Waals surface area contributed by atoms with Gasteiger partial charge >= 0.3 is 5.97 Å². The molecule has 5 nitrogen and oxygen atoms in total. The van der Waals surface area contributed by atoms with Crippen molar-refractivity contribution in [3.05, 3.63) is 17.8 Å². The van der Waals surface area contributed by atoms with Gasteiger partial charge in [-0.05, 0) is 30.7 Å². The molecule has 1 aromatic rings. The quantitative estimate of drug-likeness (QED) is 0.761. The fraction of sp³-hybridized carbons (Fsp3) is 0.538. The Balaban J connectivity index is 1.95. The van der Waals surface area contributed by atoms with Crippen molar-refractivity contribution in [1.82, 2.24) is 4.98 Å². The number of pyridine rings is 1. The van der Waals surface area contributed by atoms with E-state index < -0.39 is 5.97 Å². The van der Waals surface area contributed by atoms with Crippen LogP contribution in [-0.2, 0) is 0 Å². The number of aromatic nitrogens is 1. The van der Waals surface area contributed by atoms with Crippen LogP contribution in [0.15, 0.2) is 12.3 Å². The average Bonchev–Trinajstić information content (AvgIpc) is 2.73. The first-order chi connectivity index (χ1) is 8.56. The summed E-state index contributed by atoms with van der Waals surface area (Å²) >= 11 is 0. The van der Waals surface area contributed by atoms with Gasteiger partial charge in [0.05, 0.1) is 11.3 Å². The summed E-state index contributed by atoms with van der Waals surface area (Å²) in [5.41, 5.74) is 6.29. The molecule has 5 heteroatoms. The Labute approximate surface area is 106 Å². The topological polar surface area (TPSA) is 88.2 Å². The number of nitrogen functional groups attached to an aromatic ring is 1. The van der Waals surface area contributed by atoms with Crippen LogP contribution < -0.4 is 11.1 Å². The zero-order valence-corrected chi connectivity index (χ0v) is 10.5. The average molecular weight is 249 g/mol.